The van der Waals surface area contributed by atoms with Gasteiger partial charge in [0.15, 0.2) is 5.03 Å². The van der Waals surface area contributed by atoms with E-state index in [1.165, 1.54) is 22.9 Å². The minimum absolute atomic E-state index is 0.163. The first-order chi connectivity index (χ1) is 13.1. The molecule has 1 fully saturated rings. The highest BCUT2D eigenvalue weighted by atomic mass is 35.5. The van der Waals surface area contributed by atoms with Crippen molar-refractivity contribution in [2.24, 2.45) is 0 Å². The Morgan fingerprint density at radius 3 is 2.71 bits per heavy atom. The molecule has 0 aliphatic carbocycles. The summed E-state index contributed by atoms with van der Waals surface area (Å²) in [6, 6.07) is 4.35. The molecule has 152 valence electrons. The third kappa shape index (κ3) is 4.15. The van der Waals surface area contributed by atoms with E-state index < -0.39 is 15.9 Å². The van der Waals surface area contributed by atoms with Gasteiger partial charge in [0.05, 0.1) is 5.56 Å². The first kappa shape index (κ1) is 20.6. The van der Waals surface area contributed by atoms with Crippen LogP contribution >= 0.6 is 11.6 Å². The molecular formula is C18H24ClN5O3S. The fraction of sp³-hybridized carbons (Fsp3) is 0.500. The lowest BCUT2D eigenvalue weighted by atomic mass is 10.0. The molecule has 2 aromatic rings. The van der Waals surface area contributed by atoms with E-state index in [-0.39, 0.29) is 21.3 Å². The van der Waals surface area contributed by atoms with Crippen LogP contribution < -0.4 is 9.62 Å². The molecule has 1 amide bonds. The Bertz CT molecular complexity index is 987. The van der Waals surface area contributed by atoms with Gasteiger partial charge < -0.3 is 4.90 Å². The second kappa shape index (κ2) is 7.71. The van der Waals surface area contributed by atoms with E-state index in [4.69, 9.17) is 11.6 Å². The summed E-state index contributed by atoms with van der Waals surface area (Å²) in [4.78, 5) is 19.1. The minimum Gasteiger partial charge on any atom is -0.351 e. The molecule has 10 heteroatoms. The molecule has 0 radical (unpaired) electrons. The molecule has 0 atom stereocenters. The normalized spacial score (nSPS) is 16.4. The molecule has 1 saturated heterocycles. The van der Waals surface area contributed by atoms with Crippen molar-refractivity contribution in [2.75, 3.05) is 11.4 Å². The lowest BCUT2D eigenvalue weighted by Gasteiger charge is -2.33. The quantitative estimate of drug-likeness (QED) is 0.714. The molecule has 1 aliphatic rings. The van der Waals surface area contributed by atoms with Crippen molar-refractivity contribution >= 4 is 33.3 Å². The molecule has 0 saturated carbocycles. The number of hydrogen-bond acceptors (Lipinski definition) is 6. The van der Waals surface area contributed by atoms with Crippen LogP contribution in [0.2, 0.25) is 5.15 Å². The third-order valence-corrected chi connectivity index (χ3v) is 6.25. The largest absolute Gasteiger partial charge is 0.351 e. The number of anilines is 1. The van der Waals surface area contributed by atoms with Crippen LogP contribution in [-0.4, -0.2) is 41.2 Å². The van der Waals surface area contributed by atoms with Gasteiger partial charge in [-0.15, -0.1) is 0 Å². The fourth-order valence-electron chi connectivity index (χ4n) is 3.38. The molecule has 1 aliphatic heterocycles. The smallest absolute Gasteiger partial charge is 0.283 e. The van der Waals surface area contributed by atoms with Crippen molar-refractivity contribution < 1.29 is 13.2 Å². The number of carbonyl (C=O) groups excluding carboxylic acids is 1. The second-order valence-electron chi connectivity index (χ2n) is 7.42. The molecule has 3 rings (SSSR count). The van der Waals surface area contributed by atoms with E-state index >= 15 is 0 Å². The SMILES string of the molecule is CCCn1ccc(S(=O)(=O)NC(=O)c2ccc(Cl)nc2N2CCCC2(C)C)n1. The van der Waals surface area contributed by atoms with E-state index in [0.717, 1.165) is 25.8 Å². The molecule has 8 nitrogen and oxygen atoms in total. The minimum atomic E-state index is -4.10. The summed E-state index contributed by atoms with van der Waals surface area (Å²) in [5.74, 6) is -0.369. The fourth-order valence-corrected chi connectivity index (χ4v) is 4.43. The monoisotopic (exact) mass is 425 g/mol. The Morgan fingerprint density at radius 2 is 2.07 bits per heavy atom. The molecule has 0 spiro atoms. The number of aryl methyl sites for hydroxylation is 1. The molecule has 3 heterocycles. The number of amides is 1. The second-order valence-corrected chi connectivity index (χ2v) is 9.44. The molecule has 28 heavy (non-hydrogen) atoms. The van der Waals surface area contributed by atoms with Gasteiger partial charge in [-0.2, -0.15) is 13.5 Å². The average Bonchev–Trinajstić information content (AvgIpc) is 3.21. The molecule has 1 N–H and O–H groups in total. The molecule has 0 aromatic carbocycles. The summed E-state index contributed by atoms with van der Waals surface area (Å²) in [5, 5.41) is 4.07. The Kier molecular flexibility index (Phi) is 5.67. The number of nitrogens with one attached hydrogen (secondary N) is 1. The van der Waals surface area contributed by atoms with Crippen LogP contribution in [0.25, 0.3) is 0 Å². The number of aromatic nitrogens is 3. The highest BCUT2D eigenvalue weighted by molar-refractivity contribution is 7.90. The maximum Gasteiger partial charge on any atom is 0.283 e. The molecule has 0 unspecified atom stereocenters. The van der Waals surface area contributed by atoms with Crippen LogP contribution in [0.4, 0.5) is 5.82 Å². The van der Waals surface area contributed by atoms with Gasteiger partial charge in [-0.25, -0.2) is 9.71 Å². The molecular weight excluding hydrogens is 402 g/mol. The van der Waals surface area contributed by atoms with E-state index in [9.17, 15) is 13.2 Å². The van der Waals surface area contributed by atoms with Crippen molar-refractivity contribution in [3.63, 3.8) is 0 Å². The Morgan fingerprint density at radius 1 is 1.32 bits per heavy atom. The zero-order valence-corrected chi connectivity index (χ0v) is 17.7. The zero-order chi connectivity index (χ0) is 20.5. The van der Waals surface area contributed by atoms with Crippen LogP contribution in [0.15, 0.2) is 29.4 Å². The number of nitrogens with zero attached hydrogens (tertiary/aromatic N) is 4. The predicted octanol–water partition coefficient (Wildman–Crippen LogP) is 2.84. The van der Waals surface area contributed by atoms with Gasteiger partial charge in [0.25, 0.3) is 15.9 Å². The van der Waals surface area contributed by atoms with E-state index in [2.05, 4.69) is 28.7 Å². The molecule has 0 bridgehead atoms. The summed E-state index contributed by atoms with van der Waals surface area (Å²) < 4.78 is 28.8. The van der Waals surface area contributed by atoms with Crippen LogP contribution in [0, 0.1) is 0 Å². The first-order valence-electron chi connectivity index (χ1n) is 9.19. The predicted molar refractivity (Wildman–Crippen MR) is 107 cm³/mol. The standard InChI is InChI=1S/C18H24ClN5O3S/c1-4-10-23-12-8-15(21-23)28(26,27)22-17(25)13-6-7-14(19)20-16(13)24-11-5-9-18(24,2)3/h6-8,12H,4-5,9-11H2,1-3H3,(H,22,25). The van der Waals surface area contributed by atoms with Gasteiger partial charge in [-0.05, 0) is 51.3 Å². The number of carbonyl (C=O) groups is 1. The van der Waals surface area contributed by atoms with Gasteiger partial charge in [-0.3, -0.25) is 9.48 Å². The summed E-state index contributed by atoms with van der Waals surface area (Å²) in [6.45, 7) is 7.39. The summed E-state index contributed by atoms with van der Waals surface area (Å²) in [7, 11) is -4.10. The van der Waals surface area contributed by atoms with Gasteiger partial charge >= 0.3 is 0 Å². The van der Waals surface area contributed by atoms with Crippen LogP contribution in [0.5, 0.6) is 0 Å². The number of hydrogen-bond donors (Lipinski definition) is 1. The van der Waals surface area contributed by atoms with Crippen molar-refractivity contribution in [2.45, 2.75) is 57.1 Å². The van der Waals surface area contributed by atoms with E-state index in [1.807, 2.05) is 11.8 Å². The number of sulfonamides is 1. The number of halogens is 1. The van der Waals surface area contributed by atoms with E-state index in [0.29, 0.717) is 12.4 Å². The maximum atomic E-state index is 12.8. The zero-order valence-electron chi connectivity index (χ0n) is 16.1. The summed E-state index contributed by atoms with van der Waals surface area (Å²) in [5.41, 5.74) is -0.0409. The summed E-state index contributed by atoms with van der Waals surface area (Å²) in [6.07, 6.45) is 4.29. The van der Waals surface area contributed by atoms with Gasteiger partial charge in [0.2, 0.25) is 0 Å². The van der Waals surface area contributed by atoms with Gasteiger partial charge in [-0.1, -0.05) is 18.5 Å². The summed E-state index contributed by atoms with van der Waals surface area (Å²) >= 11 is 6.05. The Hall–Kier alpha value is -2.13. The van der Waals surface area contributed by atoms with Crippen molar-refractivity contribution in [3.05, 3.63) is 35.1 Å². The first-order valence-corrected chi connectivity index (χ1v) is 11.0. The van der Waals surface area contributed by atoms with Gasteiger partial charge in [0.1, 0.15) is 11.0 Å². The lowest BCUT2D eigenvalue weighted by Crippen LogP contribution is -2.41. The topological polar surface area (TPSA) is 97.2 Å². The third-order valence-electron chi connectivity index (χ3n) is 4.81. The Balaban J connectivity index is 1.90. The average molecular weight is 426 g/mol. The maximum absolute atomic E-state index is 12.8. The van der Waals surface area contributed by atoms with Gasteiger partial charge in [0, 0.05) is 24.8 Å². The Labute approximate surface area is 169 Å². The van der Waals surface area contributed by atoms with Crippen molar-refractivity contribution in [3.8, 4) is 0 Å². The van der Waals surface area contributed by atoms with Crippen LogP contribution in [0.3, 0.4) is 0 Å². The number of pyridine rings is 1. The van der Waals surface area contributed by atoms with Crippen LogP contribution in [-0.2, 0) is 16.6 Å². The lowest BCUT2D eigenvalue weighted by molar-refractivity contribution is 0.0981. The highest BCUT2D eigenvalue weighted by Gasteiger charge is 2.36. The van der Waals surface area contributed by atoms with E-state index in [1.54, 1.807) is 6.20 Å². The van der Waals surface area contributed by atoms with Crippen molar-refractivity contribution in [1.82, 2.24) is 19.5 Å². The van der Waals surface area contributed by atoms with Crippen LogP contribution in [0.1, 0.15) is 50.4 Å². The molecule has 2 aromatic heterocycles. The van der Waals surface area contributed by atoms with Crippen molar-refractivity contribution in [1.29, 1.82) is 0 Å². The highest BCUT2D eigenvalue weighted by Crippen LogP contribution is 2.35. The number of rotatable bonds is 6.